The molecule has 23 heavy (non-hydrogen) atoms. The van der Waals surface area contributed by atoms with Gasteiger partial charge in [0.1, 0.15) is 0 Å². The summed E-state index contributed by atoms with van der Waals surface area (Å²) in [6.07, 6.45) is 0. The highest BCUT2D eigenvalue weighted by atomic mass is 32.2. The lowest BCUT2D eigenvalue weighted by molar-refractivity contribution is -0.121. The fourth-order valence-electron chi connectivity index (χ4n) is 1.69. The summed E-state index contributed by atoms with van der Waals surface area (Å²) in [4.78, 5) is 24.1. The summed E-state index contributed by atoms with van der Waals surface area (Å²) < 4.78 is 26.0. The third-order valence-electron chi connectivity index (χ3n) is 2.91. The van der Waals surface area contributed by atoms with Gasteiger partial charge in [-0.25, -0.2) is 8.78 Å². The minimum atomic E-state index is -0.972. The highest BCUT2D eigenvalue weighted by Gasteiger charge is 2.16. The predicted molar refractivity (Wildman–Crippen MR) is 83.7 cm³/mol. The molecule has 7 heteroatoms. The molecule has 2 amide bonds. The molecule has 0 aromatic heterocycles. The molecule has 0 saturated heterocycles. The van der Waals surface area contributed by atoms with Crippen LogP contribution in [0.15, 0.2) is 53.4 Å². The summed E-state index contributed by atoms with van der Waals surface area (Å²) in [5.41, 5.74) is 5.01. The maximum Gasteiger partial charge on any atom is 0.269 e. The molecule has 4 nitrogen and oxygen atoms in total. The number of benzene rings is 2. The van der Waals surface area contributed by atoms with E-state index in [2.05, 4.69) is 10.9 Å². The first-order chi connectivity index (χ1) is 11.0. The molecule has 0 unspecified atom stereocenters. The van der Waals surface area contributed by atoms with Crippen molar-refractivity contribution < 1.29 is 18.4 Å². The van der Waals surface area contributed by atoms with Gasteiger partial charge in [0.15, 0.2) is 11.6 Å². The second kappa shape index (κ2) is 7.73. The number of rotatable bonds is 4. The van der Waals surface area contributed by atoms with Crippen molar-refractivity contribution in [2.75, 3.05) is 0 Å². The molecule has 0 aliphatic carbocycles. The summed E-state index contributed by atoms with van der Waals surface area (Å²) in [6.45, 7) is 1.59. The van der Waals surface area contributed by atoms with Crippen LogP contribution in [0.2, 0.25) is 0 Å². The van der Waals surface area contributed by atoms with Crippen molar-refractivity contribution in [1.29, 1.82) is 0 Å². The third kappa shape index (κ3) is 4.79. The first kappa shape index (κ1) is 17.0. The lowest BCUT2D eigenvalue weighted by Crippen LogP contribution is -2.44. The summed E-state index contributed by atoms with van der Waals surface area (Å²) in [7, 11) is 0. The van der Waals surface area contributed by atoms with E-state index in [0.29, 0.717) is 10.5 Å². The van der Waals surface area contributed by atoms with E-state index in [4.69, 9.17) is 0 Å². The summed E-state index contributed by atoms with van der Waals surface area (Å²) >= 11 is 1.05. The fourth-order valence-corrected chi connectivity index (χ4v) is 2.58. The fraction of sp³-hybridized carbons (Fsp3) is 0.125. The standard InChI is InChI=1S/C16H14F2N2O2S/c1-10(23-12-7-8-13(17)14(18)9-12)15(21)19-20-16(22)11-5-3-2-4-6-11/h2-10H,1H3,(H,19,21)(H,20,22)/t10-/m0/s1. The molecular formula is C16H14F2N2O2S. The number of halogens is 2. The predicted octanol–water partition coefficient (Wildman–Crippen LogP) is 2.91. The maximum absolute atomic E-state index is 13.1. The topological polar surface area (TPSA) is 58.2 Å². The van der Waals surface area contributed by atoms with Crippen LogP contribution in [0.3, 0.4) is 0 Å². The summed E-state index contributed by atoms with van der Waals surface area (Å²) in [5, 5.41) is -0.601. The largest absolute Gasteiger partial charge is 0.272 e. The van der Waals surface area contributed by atoms with Crippen LogP contribution in [0, 0.1) is 11.6 Å². The lowest BCUT2D eigenvalue weighted by Gasteiger charge is -2.13. The zero-order valence-corrected chi connectivity index (χ0v) is 13.0. The van der Waals surface area contributed by atoms with E-state index in [-0.39, 0.29) is 0 Å². The number of hydrogen-bond donors (Lipinski definition) is 2. The summed E-state index contributed by atoms with van der Waals surface area (Å²) in [5.74, 6) is -2.81. The maximum atomic E-state index is 13.1. The van der Waals surface area contributed by atoms with Crippen molar-refractivity contribution in [3.8, 4) is 0 Å². The zero-order chi connectivity index (χ0) is 16.8. The Kier molecular flexibility index (Phi) is 5.70. The SMILES string of the molecule is C[C@H](Sc1ccc(F)c(F)c1)C(=O)NNC(=O)c1ccccc1. The van der Waals surface area contributed by atoms with Crippen LogP contribution in [0.5, 0.6) is 0 Å². The van der Waals surface area contributed by atoms with Gasteiger partial charge in [-0.2, -0.15) is 0 Å². The van der Waals surface area contributed by atoms with E-state index in [1.807, 2.05) is 0 Å². The van der Waals surface area contributed by atoms with E-state index >= 15 is 0 Å². The van der Waals surface area contributed by atoms with E-state index in [1.54, 1.807) is 37.3 Å². The molecule has 0 saturated carbocycles. The number of hydrogen-bond acceptors (Lipinski definition) is 3. The third-order valence-corrected chi connectivity index (χ3v) is 4.00. The molecule has 1 atom stereocenters. The first-order valence-electron chi connectivity index (χ1n) is 6.74. The van der Waals surface area contributed by atoms with E-state index in [1.165, 1.54) is 6.07 Å². The highest BCUT2D eigenvalue weighted by molar-refractivity contribution is 8.00. The monoisotopic (exact) mass is 336 g/mol. The van der Waals surface area contributed by atoms with Crippen molar-refractivity contribution in [2.45, 2.75) is 17.1 Å². The average molecular weight is 336 g/mol. The van der Waals surface area contributed by atoms with Crippen LogP contribution in [0.25, 0.3) is 0 Å². The van der Waals surface area contributed by atoms with Gasteiger partial charge in [0, 0.05) is 10.5 Å². The van der Waals surface area contributed by atoms with Gasteiger partial charge in [-0.3, -0.25) is 20.4 Å². The molecule has 0 heterocycles. The van der Waals surface area contributed by atoms with Crippen molar-refractivity contribution in [3.63, 3.8) is 0 Å². The number of hydrazine groups is 1. The van der Waals surface area contributed by atoms with Crippen LogP contribution < -0.4 is 10.9 Å². The molecule has 0 aliphatic rings. The molecule has 0 aliphatic heterocycles. The van der Waals surface area contributed by atoms with Gasteiger partial charge in [0.25, 0.3) is 11.8 Å². The van der Waals surface area contributed by atoms with E-state index in [9.17, 15) is 18.4 Å². The Bertz CT molecular complexity index is 710. The van der Waals surface area contributed by atoms with Gasteiger partial charge in [-0.1, -0.05) is 18.2 Å². The minimum Gasteiger partial charge on any atom is -0.272 e. The Hall–Kier alpha value is -2.41. The normalized spacial score (nSPS) is 11.6. The zero-order valence-electron chi connectivity index (χ0n) is 12.2. The minimum absolute atomic E-state index is 0.411. The number of thioether (sulfide) groups is 1. The Morgan fingerprint density at radius 3 is 2.35 bits per heavy atom. The van der Waals surface area contributed by atoms with Gasteiger partial charge < -0.3 is 0 Å². The second-order valence-electron chi connectivity index (χ2n) is 4.65. The van der Waals surface area contributed by atoms with Gasteiger partial charge in [0.05, 0.1) is 5.25 Å². The van der Waals surface area contributed by atoms with Crippen LogP contribution in [0.1, 0.15) is 17.3 Å². The first-order valence-corrected chi connectivity index (χ1v) is 7.62. The molecule has 120 valence electrons. The number of carbonyl (C=O) groups is 2. The Labute approximate surface area is 136 Å². The molecule has 2 aromatic rings. The van der Waals surface area contributed by atoms with Crippen LogP contribution in [0.4, 0.5) is 8.78 Å². The highest BCUT2D eigenvalue weighted by Crippen LogP contribution is 2.24. The molecule has 2 rings (SSSR count). The average Bonchev–Trinajstić information content (AvgIpc) is 2.56. The molecule has 0 radical (unpaired) electrons. The molecular weight excluding hydrogens is 322 g/mol. The van der Waals surface area contributed by atoms with Crippen molar-refractivity contribution in [1.82, 2.24) is 10.9 Å². The van der Waals surface area contributed by atoms with E-state index in [0.717, 1.165) is 23.9 Å². The number of carbonyl (C=O) groups excluding carboxylic acids is 2. The summed E-state index contributed by atoms with van der Waals surface area (Å²) in [6, 6.07) is 11.8. The van der Waals surface area contributed by atoms with Gasteiger partial charge in [0.2, 0.25) is 0 Å². The molecule has 2 aromatic carbocycles. The van der Waals surface area contributed by atoms with Crippen molar-refractivity contribution in [2.24, 2.45) is 0 Å². The Morgan fingerprint density at radius 1 is 1.00 bits per heavy atom. The smallest absolute Gasteiger partial charge is 0.269 e. The Morgan fingerprint density at radius 2 is 1.70 bits per heavy atom. The van der Waals surface area contributed by atoms with E-state index < -0.39 is 28.7 Å². The second-order valence-corrected chi connectivity index (χ2v) is 6.06. The molecule has 0 bridgehead atoms. The van der Waals surface area contributed by atoms with Gasteiger partial charge >= 0.3 is 0 Å². The van der Waals surface area contributed by atoms with Crippen LogP contribution in [-0.4, -0.2) is 17.1 Å². The Balaban J connectivity index is 1.87. The lowest BCUT2D eigenvalue weighted by atomic mass is 10.2. The number of nitrogens with one attached hydrogen (secondary N) is 2. The molecule has 2 N–H and O–H groups in total. The van der Waals surface area contributed by atoms with Gasteiger partial charge in [-0.05, 0) is 37.3 Å². The van der Waals surface area contributed by atoms with Crippen LogP contribution in [-0.2, 0) is 4.79 Å². The molecule has 0 spiro atoms. The van der Waals surface area contributed by atoms with Gasteiger partial charge in [-0.15, -0.1) is 11.8 Å². The quantitative estimate of drug-likeness (QED) is 0.667. The molecule has 0 fully saturated rings. The van der Waals surface area contributed by atoms with Crippen molar-refractivity contribution in [3.05, 3.63) is 65.7 Å². The van der Waals surface area contributed by atoms with Crippen molar-refractivity contribution >= 4 is 23.6 Å². The van der Waals surface area contributed by atoms with Crippen LogP contribution >= 0.6 is 11.8 Å². The number of amides is 2.